The highest BCUT2D eigenvalue weighted by molar-refractivity contribution is 8.18. The van der Waals surface area contributed by atoms with E-state index in [1.165, 1.54) is 4.90 Å². The largest absolute Gasteiger partial charge is 0.378 e. The Kier molecular flexibility index (Phi) is 5.26. The molecule has 128 valence electrons. The summed E-state index contributed by atoms with van der Waals surface area (Å²) in [4.78, 5) is 28.6. The van der Waals surface area contributed by atoms with E-state index in [1.54, 1.807) is 6.08 Å². The standard InChI is InChI=1S/C18H22N2O3S/c1-3-13(2)20-17(21)16(24-18(20)22)12-14-4-6-15(7-5-14)19-8-10-23-11-9-19/h4-7,12-13H,3,8-11H2,1-2H3/b16-12+/t13-/m1/s1. The summed E-state index contributed by atoms with van der Waals surface area (Å²) in [5.41, 5.74) is 2.09. The molecule has 0 saturated carbocycles. The van der Waals surface area contributed by atoms with E-state index in [-0.39, 0.29) is 17.2 Å². The maximum atomic E-state index is 12.4. The molecule has 1 aromatic carbocycles. The van der Waals surface area contributed by atoms with E-state index in [4.69, 9.17) is 4.74 Å². The molecule has 2 saturated heterocycles. The molecule has 0 spiro atoms. The monoisotopic (exact) mass is 346 g/mol. The third-order valence-corrected chi connectivity index (χ3v) is 5.31. The van der Waals surface area contributed by atoms with E-state index in [9.17, 15) is 9.59 Å². The highest BCUT2D eigenvalue weighted by Gasteiger charge is 2.37. The number of imide groups is 1. The number of benzene rings is 1. The molecule has 24 heavy (non-hydrogen) atoms. The number of nitrogens with zero attached hydrogens (tertiary/aromatic N) is 2. The van der Waals surface area contributed by atoms with Crippen LogP contribution in [0.1, 0.15) is 25.8 Å². The molecule has 0 bridgehead atoms. The number of carbonyl (C=O) groups excluding carboxylic acids is 2. The molecule has 2 heterocycles. The number of hydrogen-bond donors (Lipinski definition) is 0. The summed E-state index contributed by atoms with van der Waals surface area (Å²) in [5.74, 6) is -0.184. The molecule has 1 aromatic rings. The van der Waals surface area contributed by atoms with E-state index in [0.29, 0.717) is 4.91 Å². The molecule has 0 aliphatic carbocycles. The first-order valence-electron chi connectivity index (χ1n) is 8.30. The lowest BCUT2D eigenvalue weighted by atomic mass is 10.1. The highest BCUT2D eigenvalue weighted by atomic mass is 32.2. The summed E-state index contributed by atoms with van der Waals surface area (Å²) in [7, 11) is 0. The average molecular weight is 346 g/mol. The van der Waals surface area contributed by atoms with Crippen LogP contribution in [0.15, 0.2) is 29.2 Å². The van der Waals surface area contributed by atoms with Gasteiger partial charge < -0.3 is 9.64 Å². The fourth-order valence-corrected chi connectivity index (χ4v) is 3.73. The molecule has 1 atom stereocenters. The normalized spacial score (nSPS) is 21.7. The molecule has 2 fully saturated rings. The number of anilines is 1. The van der Waals surface area contributed by atoms with Gasteiger partial charge >= 0.3 is 0 Å². The SMILES string of the molecule is CC[C@@H](C)N1C(=O)S/C(=C/c2ccc(N3CCOCC3)cc2)C1=O. The van der Waals surface area contributed by atoms with E-state index in [1.807, 2.05) is 26.0 Å². The maximum Gasteiger partial charge on any atom is 0.293 e. The molecule has 0 N–H and O–H groups in total. The summed E-state index contributed by atoms with van der Waals surface area (Å²) >= 11 is 1.02. The van der Waals surface area contributed by atoms with Gasteiger partial charge in [-0.3, -0.25) is 14.5 Å². The van der Waals surface area contributed by atoms with Crippen LogP contribution in [0.3, 0.4) is 0 Å². The van der Waals surface area contributed by atoms with Gasteiger partial charge in [-0.25, -0.2) is 0 Å². The Morgan fingerprint density at radius 1 is 1.21 bits per heavy atom. The van der Waals surface area contributed by atoms with Crippen LogP contribution in [0, 0.1) is 0 Å². The van der Waals surface area contributed by atoms with Crippen LogP contribution >= 0.6 is 11.8 Å². The zero-order chi connectivity index (χ0) is 17.1. The van der Waals surface area contributed by atoms with E-state index < -0.39 is 0 Å². The number of rotatable bonds is 4. The van der Waals surface area contributed by atoms with Gasteiger partial charge in [-0.2, -0.15) is 0 Å². The number of ether oxygens (including phenoxy) is 1. The molecule has 2 aliphatic heterocycles. The van der Waals surface area contributed by atoms with Crippen LogP contribution in [0.4, 0.5) is 10.5 Å². The number of morpholine rings is 1. The van der Waals surface area contributed by atoms with Gasteiger partial charge in [-0.15, -0.1) is 0 Å². The first-order chi connectivity index (χ1) is 11.6. The second-order valence-electron chi connectivity index (χ2n) is 6.00. The minimum Gasteiger partial charge on any atom is -0.378 e. The van der Waals surface area contributed by atoms with Gasteiger partial charge in [0.05, 0.1) is 18.1 Å². The zero-order valence-electron chi connectivity index (χ0n) is 14.0. The lowest BCUT2D eigenvalue weighted by Crippen LogP contribution is -2.36. The van der Waals surface area contributed by atoms with Gasteiger partial charge in [-0.05, 0) is 48.9 Å². The van der Waals surface area contributed by atoms with Gasteiger partial charge in [0.25, 0.3) is 11.1 Å². The molecule has 0 radical (unpaired) electrons. The van der Waals surface area contributed by atoms with Crippen LogP contribution in [-0.2, 0) is 9.53 Å². The van der Waals surface area contributed by atoms with E-state index >= 15 is 0 Å². The summed E-state index contributed by atoms with van der Waals surface area (Å²) in [6.45, 7) is 7.17. The lowest BCUT2D eigenvalue weighted by molar-refractivity contribution is -0.124. The summed E-state index contributed by atoms with van der Waals surface area (Å²) in [5, 5.41) is -0.175. The first kappa shape index (κ1) is 17.0. The van der Waals surface area contributed by atoms with Crippen molar-refractivity contribution in [2.24, 2.45) is 0 Å². The molecule has 3 rings (SSSR count). The number of amides is 2. The van der Waals surface area contributed by atoms with Crippen molar-refractivity contribution < 1.29 is 14.3 Å². The average Bonchev–Trinajstić information content (AvgIpc) is 2.89. The lowest BCUT2D eigenvalue weighted by Gasteiger charge is -2.28. The van der Waals surface area contributed by atoms with Gasteiger partial charge in [-0.1, -0.05) is 19.1 Å². The Balaban J connectivity index is 1.74. The predicted octanol–water partition coefficient (Wildman–Crippen LogP) is 3.36. The Labute approximate surface area is 146 Å². The molecular formula is C18H22N2O3S. The zero-order valence-corrected chi connectivity index (χ0v) is 14.8. The molecular weight excluding hydrogens is 324 g/mol. The predicted molar refractivity (Wildman–Crippen MR) is 97.0 cm³/mol. The van der Waals surface area contributed by atoms with Crippen LogP contribution in [0.25, 0.3) is 6.08 Å². The summed E-state index contributed by atoms with van der Waals surface area (Å²) < 4.78 is 5.37. The van der Waals surface area contributed by atoms with Crippen molar-refractivity contribution >= 4 is 34.7 Å². The van der Waals surface area contributed by atoms with Crippen molar-refractivity contribution in [3.63, 3.8) is 0 Å². The maximum absolute atomic E-state index is 12.4. The number of hydrogen-bond acceptors (Lipinski definition) is 5. The Hall–Kier alpha value is -1.79. The first-order valence-corrected chi connectivity index (χ1v) is 9.11. The molecule has 5 nitrogen and oxygen atoms in total. The highest BCUT2D eigenvalue weighted by Crippen LogP contribution is 2.34. The van der Waals surface area contributed by atoms with Crippen molar-refractivity contribution in [3.8, 4) is 0 Å². The van der Waals surface area contributed by atoms with Gasteiger partial charge in [0.1, 0.15) is 0 Å². The van der Waals surface area contributed by atoms with Crippen molar-refractivity contribution in [2.75, 3.05) is 31.2 Å². The number of carbonyl (C=O) groups is 2. The van der Waals surface area contributed by atoms with Crippen molar-refractivity contribution in [1.29, 1.82) is 0 Å². The Bertz CT molecular complexity index is 651. The third-order valence-electron chi connectivity index (χ3n) is 4.42. The third kappa shape index (κ3) is 3.49. The van der Waals surface area contributed by atoms with Crippen LogP contribution in [0.5, 0.6) is 0 Å². The molecule has 0 unspecified atom stereocenters. The quantitative estimate of drug-likeness (QED) is 0.783. The fraction of sp³-hybridized carbons (Fsp3) is 0.444. The Morgan fingerprint density at radius 2 is 1.88 bits per heavy atom. The minimum atomic E-state index is -0.184. The van der Waals surface area contributed by atoms with Gasteiger partial charge in [0.15, 0.2) is 0 Å². The van der Waals surface area contributed by atoms with Gasteiger partial charge in [0.2, 0.25) is 0 Å². The number of thioether (sulfide) groups is 1. The second kappa shape index (κ2) is 7.40. The molecule has 6 heteroatoms. The fourth-order valence-electron chi connectivity index (χ4n) is 2.80. The van der Waals surface area contributed by atoms with E-state index in [2.05, 4.69) is 17.0 Å². The van der Waals surface area contributed by atoms with E-state index in [0.717, 1.165) is 55.7 Å². The van der Waals surface area contributed by atoms with Gasteiger partial charge in [0, 0.05) is 24.8 Å². The minimum absolute atomic E-state index is 0.0629. The van der Waals surface area contributed by atoms with Crippen molar-refractivity contribution in [3.05, 3.63) is 34.7 Å². The Morgan fingerprint density at radius 3 is 2.50 bits per heavy atom. The summed E-state index contributed by atoms with van der Waals surface area (Å²) in [6, 6.07) is 8.02. The van der Waals surface area contributed by atoms with Crippen LogP contribution < -0.4 is 4.90 Å². The summed E-state index contributed by atoms with van der Waals surface area (Å²) in [6.07, 6.45) is 2.57. The molecule has 0 aromatic heterocycles. The molecule has 2 aliphatic rings. The van der Waals surface area contributed by atoms with Crippen LogP contribution in [0.2, 0.25) is 0 Å². The van der Waals surface area contributed by atoms with Crippen molar-refractivity contribution in [2.45, 2.75) is 26.3 Å². The topological polar surface area (TPSA) is 49.9 Å². The van der Waals surface area contributed by atoms with Crippen LogP contribution in [-0.4, -0.2) is 48.4 Å². The smallest absolute Gasteiger partial charge is 0.293 e. The van der Waals surface area contributed by atoms with Crippen molar-refractivity contribution in [1.82, 2.24) is 4.90 Å². The second-order valence-corrected chi connectivity index (χ2v) is 6.99. The molecule has 2 amide bonds.